The summed E-state index contributed by atoms with van der Waals surface area (Å²) in [5.41, 5.74) is 0.924. The van der Waals surface area contributed by atoms with Gasteiger partial charge in [0.25, 0.3) is 0 Å². The minimum atomic E-state index is -0.0392. The van der Waals surface area contributed by atoms with E-state index in [4.69, 9.17) is 0 Å². The van der Waals surface area contributed by atoms with Crippen molar-refractivity contribution in [1.82, 2.24) is 14.8 Å². The van der Waals surface area contributed by atoms with Gasteiger partial charge in [-0.1, -0.05) is 18.2 Å². The quantitative estimate of drug-likeness (QED) is 0.585. The number of thioether (sulfide) groups is 1. The highest BCUT2D eigenvalue weighted by Gasteiger charge is 2.07. The number of pyridine rings is 1. The zero-order chi connectivity index (χ0) is 17.5. The van der Waals surface area contributed by atoms with Crippen LogP contribution in [0, 0.1) is 0 Å². The van der Waals surface area contributed by atoms with Crippen molar-refractivity contribution in [3.63, 3.8) is 0 Å². The fraction of sp³-hybridized carbons (Fsp3) is 0.167. The first kappa shape index (κ1) is 17.7. The van der Waals surface area contributed by atoms with Gasteiger partial charge in [0.1, 0.15) is 0 Å². The molecule has 2 heterocycles. The normalized spacial score (nSPS) is 10.6. The van der Waals surface area contributed by atoms with E-state index < -0.39 is 0 Å². The van der Waals surface area contributed by atoms with Gasteiger partial charge in [-0.15, -0.1) is 11.8 Å². The molecular weight excluding hydrogens is 400 g/mol. The zero-order valence-electron chi connectivity index (χ0n) is 13.4. The highest BCUT2D eigenvalue weighted by atomic mass is 79.9. The van der Waals surface area contributed by atoms with E-state index in [9.17, 15) is 4.79 Å². The standard InChI is InChI=1S/C18H17BrN4OS/c19-15-6-1-2-7-16(15)25-12-9-18(24)21-17-8-11-23(22-17)13-14-5-3-4-10-20-14/h1-8,10-11H,9,12-13H2,(H,21,22,24). The summed E-state index contributed by atoms with van der Waals surface area (Å²) in [7, 11) is 0. The molecule has 0 radical (unpaired) electrons. The van der Waals surface area contributed by atoms with Crippen LogP contribution >= 0.6 is 27.7 Å². The number of amides is 1. The summed E-state index contributed by atoms with van der Waals surface area (Å²) in [4.78, 5) is 17.5. The van der Waals surface area contributed by atoms with Crippen molar-refractivity contribution in [1.29, 1.82) is 0 Å². The fourth-order valence-electron chi connectivity index (χ4n) is 2.19. The van der Waals surface area contributed by atoms with E-state index in [1.807, 2.05) is 48.7 Å². The van der Waals surface area contributed by atoms with E-state index in [-0.39, 0.29) is 5.91 Å². The van der Waals surface area contributed by atoms with Gasteiger partial charge in [0, 0.05) is 40.0 Å². The van der Waals surface area contributed by atoms with Gasteiger partial charge in [0.2, 0.25) is 5.91 Å². The summed E-state index contributed by atoms with van der Waals surface area (Å²) in [5, 5.41) is 7.19. The lowest BCUT2D eigenvalue weighted by Gasteiger charge is -2.04. The molecule has 0 fully saturated rings. The fourth-order valence-corrected chi connectivity index (χ4v) is 3.71. The largest absolute Gasteiger partial charge is 0.309 e. The van der Waals surface area contributed by atoms with Gasteiger partial charge in [-0.05, 0) is 40.2 Å². The Balaban J connectivity index is 1.46. The molecule has 0 saturated carbocycles. The third kappa shape index (κ3) is 5.44. The van der Waals surface area contributed by atoms with Crippen LogP contribution < -0.4 is 5.32 Å². The predicted molar refractivity (Wildman–Crippen MR) is 104 cm³/mol. The molecule has 1 amide bonds. The highest BCUT2D eigenvalue weighted by molar-refractivity contribution is 9.10. The van der Waals surface area contributed by atoms with E-state index in [1.54, 1.807) is 28.7 Å². The first-order chi connectivity index (χ1) is 12.2. The number of nitrogens with one attached hydrogen (secondary N) is 1. The van der Waals surface area contributed by atoms with Crippen LogP contribution in [0.2, 0.25) is 0 Å². The molecule has 25 heavy (non-hydrogen) atoms. The summed E-state index contributed by atoms with van der Waals surface area (Å²) in [6.45, 7) is 0.578. The number of benzene rings is 1. The monoisotopic (exact) mass is 416 g/mol. The molecule has 0 aliphatic rings. The van der Waals surface area contributed by atoms with Crippen LogP contribution in [-0.4, -0.2) is 26.4 Å². The summed E-state index contributed by atoms with van der Waals surface area (Å²) < 4.78 is 2.81. The minimum absolute atomic E-state index is 0.0392. The Morgan fingerprint density at radius 3 is 2.80 bits per heavy atom. The SMILES string of the molecule is O=C(CCSc1ccccc1Br)Nc1ccn(Cc2ccccn2)n1. The molecular formula is C18H17BrN4OS. The maximum atomic E-state index is 12.1. The number of aromatic nitrogens is 3. The molecule has 0 saturated heterocycles. The maximum absolute atomic E-state index is 12.1. The van der Waals surface area contributed by atoms with Gasteiger partial charge in [0.05, 0.1) is 12.2 Å². The van der Waals surface area contributed by atoms with Crippen molar-refractivity contribution in [3.8, 4) is 0 Å². The summed E-state index contributed by atoms with van der Waals surface area (Å²) in [6.07, 6.45) is 4.02. The summed E-state index contributed by atoms with van der Waals surface area (Å²) in [6, 6.07) is 15.5. The van der Waals surface area contributed by atoms with Crippen LogP contribution in [0.1, 0.15) is 12.1 Å². The molecule has 0 aliphatic carbocycles. The second-order valence-electron chi connectivity index (χ2n) is 5.30. The van der Waals surface area contributed by atoms with Crippen molar-refractivity contribution in [3.05, 3.63) is 71.1 Å². The first-order valence-corrected chi connectivity index (χ1v) is 9.59. The number of anilines is 1. The van der Waals surface area contributed by atoms with Gasteiger partial charge in [-0.2, -0.15) is 5.10 Å². The van der Waals surface area contributed by atoms with Crippen LogP contribution in [0.15, 0.2) is 70.3 Å². The van der Waals surface area contributed by atoms with E-state index in [1.165, 1.54) is 0 Å². The van der Waals surface area contributed by atoms with Crippen LogP contribution in [0.5, 0.6) is 0 Å². The van der Waals surface area contributed by atoms with Crippen LogP contribution in [0.4, 0.5) is 5.82 Å². The zero-order valence-corrected chi connectivity index (χ0v) is 15.8. The van der Waals surface area contributed by atoms with Crippen molar-refractivity contribution in [2.45, 2.75) is 17.9 Å². The van der Waals surface area contributed by atoms with Gasteiger partial charge < -0.3 is 5.32 Å². The molecule has 2 aromatic heterocycles. The van der Waals surface area contributed by atoms with Crippen molar-refractivity contribution in [2.24, 2.45) is 0 Å². The molecule has 128 valence electrons. The molecule has 0 spiro atoms. The molecule has 0 atom stereocenters. The molecule has 0 unspecified atom stereocenters. The Labute approximate surface area is 159 Å². The number of nitrogens with zero attached hydrogens (tertiary/aromatic N) is 3. The Morgan fingerprint density at radius 2 is 2.00 bits per heavy atom. The number of rotatable bonds is 7. The Bertz CT molecular complexity index is 838. The molecule has 5 nitrogen and oxygen atoms in total. The lowest BCUT2D eigenvalue weighted by molar-refractivity contribution is -0.115. The first-order valence-electron chi connectivity index (χ1n) is 7.81. The molecule has 3 rings (SSSR count). The van der Waals surface area contributed by atoms with E-state index in [0.717, 1.165) is 15.1 Å². The smallest absolute Gasteiger partial charge is 0.226 e. The van der Waals surface area contributed by atoms with E-state index >= 15 is 0 Å². The van der Waals surface area contributed by atoms with Crippen molar-refractivity contribution >= 4 is 39.4 Å². The van der Waals surface area contributed by atoms with Gasteiger partial charge in [-0.3, -0.25) is 14.5 Å². The number of carbonyl (C=O) groups is 1. The summed E-state index contributed by atoms with van der Waals surface area (Å²) in [5.74, 6) is 1.23. The average molecular weight is 417 g/mol. The Kier molecular flexibility index (Phi) is 6.25. The van der Waals surface area contributed by atoms with Crippen LogP contribution in [0.3, 0.4) is 0 Å². The van der Waals surface area contributed by atoms with E-state index in [2.05, 4.69) is 31.3 Å². The predicted octanol–water partition coefficient (Wildman–Crippen LogP) is 4.21. The molecule has 7 heteroatoms. The highest BCUT2D eigenvalue weighted by Crippen LogP contribution is 2.27. The second kappa shape index (κ2) is 8.82. The number of carbonyl (C=O) groups excluding carboxylic acids is 1. The Morgan fingerprint density at radius 1 is 1.16 bits per heavy atom. The third-order valence-electron chi connectivity index (χ3n) is 3.38. The Hall–Kier alpha value is -2.12. The van der Waals surface area contributed by atoms with Crippen LogP contribution in [-0.2, 0) is 11.3 Å². The maximum Gasteiger partial charge on any atom is 0.226 e. The molecule has 1 N–H and O–H groups in total. The van der Waals surface area contributed by atoms with E-state index in [0.29, 0.717) is 24.5 Å². The lowest BCUT2D eigenvalue weighted by atomic mass is 10.3. The molecule has 1 aromatic carbocycles. The van der Waals surface area contributed by atoms with Crippen molar-refractivity contribution in [2.75, 3.05) is 11.1 Å². The van der Waals surface area contributed by atoms with Gasteiger partial charge >= 0.3 is 0 Å². The molecule has 0 aliphatic heterocycles. The van der Waals surface area contributed by atoms with Gasteiger partial charge in [-0.25, -0.2) is 0 Å². The topological polar surface area (TPSA) is 59.8 Å². The number of hydrogen-bond acceptors (Lipinski definition) is 4. The number of hydrogen-bond donors (Lipinski definition) is 1. The van der Waals surface area contributed by atoms with Crippen LogP contribution in [0.25, 0.3) is 0 Å². The third-order valence-corrected chi connectivity index (χ3v) is 5.41. The molecule has 0 bridgehead atoms. The lowest BCUT2D eigenvalue weighted by Crippen LogP contribution is -2.13. The van der Waals surface area contributed by atoms with Gasteiger partial charge in [0.15, 0.2) is 5.82 Å². The average Bonchev–Trinajstić information content (AvgIpc) is 3.04. The molecule has 3 aromatic rings. The second-order valence-corrected chi connectivity index (χ2v) is 7.29. The summed E-state index contributed by atoms with van der Waals surface area (Å²) >= 11 is 5.16. The number of halogens is 1. The van der Waals surface area contributed by atoms with Crippen molar-refractivity contribution < 1.29 is 4.79 Å². The minimum Gasteiger partial charge on any atom is -0.309 e.